The Bertz CT molecular complexity index is 1610. The molecule has 0 bridgehead atoms. The van der Waals surface area contributed by atoms with Crippen LogP contribution in [0.25, 0.3) is 0 Å². The highest BCUT2D eigenvalue weighted by molar-refractivity contribution is 8.04. The second-order valence-electron chi connectivity index (χ2n) is 9.39. The van der Waals surface area contributed by atoms with Crippen molar-refractivity contribution in [2.75, 3.05) is 13.2 Å². The third kappa shape index (κ3) is 7.97. The summed E-state index contributed by atoms with van der Waals surface area (Å²) in [6.45, 7) is 1.91. The molecule has 0 radical (unpaired) electrons. The van der Waals surface area contributed by atoms with Gasteiger partial charge in [0, 0.05) is 28.8 Å². The average Bonchev–Trinajstić information content (AvgIpc) is 2.99. The first-order chi connectivity index (χ1) is 20.1. The van der Waals surface area contributed by atoms with Crippen LogP contribution in [0, 0.1) is 17.0 Å². The molecule has 4 aromatic carbocycles. The highest BCUT2D eigenvalue weighted by atomic mass is 32.3. The molecule has 0 aliphatic heterocycles. The van der Waals surface area contributed by atoms with Crippen molar-refractivity contribution in [1.29, 1.82) is 0 Å². The first-order valence-electron chi connectivity index (χ1n) is 13.1. The van der Waals surface area contributed by atoms with Gasteiger partial charge in [-0.3, -0.25) is 10.1 Å². The molecule has 42 heavy (non-hydrogen) atoms. The van der Waals surface area contributed by atoms with E-state index < -0.39 is 30.2 Å². The van der Waals surface area contributed by atoms with Gasteiger partial charge in [0.25, 0.3) is 25.7 Å². The molecule has 220 valence electrons. The molecule has 0 saturated heterocycles. The van der Waals surface area contributed by atoms with Crippen molar-refractivity contribution >= 4 is 37.5 Å². The summed E-state index contributed by atoms with van der Waals surface area (Å²) in [5, 5.41) is 10.4. The SMILES string of the molecule is Cc1ccc(S[C@H](CCCOc2ccc([N+](=O)[O-])cc2)CN(S(=O)(=O)c2ccccc2)S(=O)(=O)c2ccccc2)cc1. The van der Waals surface area contributed by atoms with Crippen LogP contribution in [0.4, 0.5) is 5.69 Å². The number of non-ortho nitro benzene ring substituents is 1. The summed E-state index contributed by atoms with van der Waals surface area (Å²) in [5.41, 5.74) is 1.02. The van der Waals surface area contributed by atoms with Crippen molar-refractivity contribution in [3.8, 4) is 5.75 Å². The second-order valence-corrected chi connectivity index (χ2v) is 14.7. The predicted octanol–water partition coefficient (Wildman–Crippen LogP) is 6.30. The van der Waals surface area contributed by atoms with E-state index in [0.29, 0.717) is 22.3 Å². The Morgan fingerprint density at radius 2 is 1.31 bits per heavy atom. The molecule has 0 N–H and O–H groups in total. The second kappa shape index (κ2) is 14.0. The fourth-order valence-electron chi connectivity index (χ4n) is 4.07. The molecule has 0 fully saturated rings. The lowest BCUT2D eigenvalue weighted by Crippen LogP contribution is -2.41. The first kappa shape index (κ1) is 31.2. The first-order valence-corrected chi connectivity index (χ1v) is 16.8. The number of rotatable bonds is 14. The maximum Gasteiger partial charge on any atom is 0.269 e. The summed E-state index contributed by atoms with van der Waals surface area (Å²) in [4.78, 5) is 11.0. The number of ether oxygens (including phenoxy) is 1. The number of thioether (sulfide) groups is 1. The van der Waals surface area contributed by atoms with Crippen LogP contribution in [0.1, 0.15) is 18.4 Å². The Hall–Kier alpha value is -3.71. The highest BCUT2D eigenvalue weighted by Gasteiger charge is 2.38. The fraction of sp³-hybridized carbons (Fsp3) is 0.200. The van der Waals surface area contributed by atoms with Crippen LogP contribution in [0.3, 0.4) is 0 Å². The number of nitrogens with zero attached hydrogens (tertiary/aromatic N) is 2. The van der Waals surface area contributed by atoms with E-state index in [0.717, 1.165) is 10.5 Å². The Morgan fingerprint density at radius 1 is 0.786 bits per heavy atom. The van der Waals surface area contributed by atoms with Crippen LogP contribution in [0.15, 0.2) is 124 Å². The molecule has 0 aromatic heterocycles. The van der Waals surface area contributed by atoms with Gasteiger partial charge in [0.2, 0.25) is 0 Å². The quantitative estimate of drug-likeness (QED) is 0.0691. The normalized spacial score (nSPS) is 12.6. The molecule has 0 amide bonds. The number of nitro benzene ring substituents is 1. The fourth-order valence-corrected chi connectivity index (χ4v) is 9.22. The van der Waals surface area contributed by atoms with Gasteiger partial charge in [-0.05, 0) is 68.3 Å². The molecule has 0 unspecified atom stereocenters. The van der Waals surface area contributed by atoms with Gasteiger partial charge in [0.05, 0.1) is 21.3 Å². The number of hydrogen-bond donors (Lipinski definition) is 0. The van der Waals surface area contributed by atoms with Gasteiger partial charge in [-0.2, -0.15) is 0 Å². The van der Waals surface area contributed by atoms with Gasteiger partial charge in [0.1, 0.15) is 5.75 Å². The zero-order valence-corrected chi connectivity index (χ0v) is 25.2. The number of nitro groups is 1. The molecular weight excluding hydrogens is 597 g/mol. The van der Waals surface area contributed by atoms with E-state index >= 15 is 0 Å². The minimum atomic E-state index is -4.44. The van der Waals surface area contributed by atoms with E-state index in [2.05, 4.69) is 0 Å². The minimum absolute atomic E-state index is 0.0451. The summed E-state index contributed by atoms with van der Waals surface area (Å²) < 4.78 is 61.7. The summed E-state index contributed by atoms with van der Waals surface area (Å²) in [6.07, 6.45) is 0.905. The van der Waals surface area contributed by atoms with Gasteiger partial charge in [-0.1, -0.05) is 57.8 Å². The van der Waals surface area contributed by atoms with Crippen LogP contribution < -0.4 is 4.74 Å². The smallest absolute Gasteiger partial charge is 0.269 e. The summed E-state index contributed by atoms with van der Waals surface area (Å²) in [6, 6.07) is 28.5. The summed E-state index contributed by atoms with van der Waals surface area (Å²) in [7, 11) is -8.88. The Balaban J connectivity index is 1.60. The van der Waals surface area contributed by atoms with Gasteiger partial charge in [-0.15, -0.1) is 11.8 Å². The maximum absolute atomic E-state index is 13.8. The van der Waals surface area contributed by atoms with Gasteiger partial charge < -0.3 is 4.74 Å². The predicted molar refractivity (Wildman–Crippen MR) is 163 cm³/mol. The number of hydrogen-bond acceptors (Lipinski definition) is 8. The number of benzene rings is 4. The van der Waals surface area contributed by atoms with Crippen LogP contribution in [-0.4, -0.2) is 43.9 Å². The van der Waals surface area contributed by atoms with Crippen LogP contribution in [0.2, 0.25) is 0 Å². The van der Waals surface area contributed by atoms with Crippen LogP contribution in [0.5, 0.6) is 5.75 Å². The molecule has 0 aliphatic carbocycles. The standard InChI is InChI=1S/C30H30N2O7S3/c1-24-14-20-27(21-15-24)40-28(9-8-22-39-26-18-16-25(17-19-26)32(33)34)23-31(41(35,36)29-10-4-2-5-11-29)42(37,38)30-12-6-3-7-13-30/h2-7,10-21,28H,8-9,22-23H2,1H3/t28-/m1/s1. The molecule has 4 rings (SSSR count). The van der Waals surface area contributed by atoms with Gasteiger partial charge in [0.15, 0.2) is 0 Å². The average molecular weight is 627 g/mol. The Labute approximate surface area is 250 Å². The summed E-state index contributed by atoms with van der Waals surface area (Å²) >= 11 is 1.40. The van der Waals surface area contributed by atoms with Crippen LogP contribution >= 0.6 is 11.8 Å². The summed E-state index contributed by atoms with van der Waals surface area (Å²) in [5.74, 6) is 0.461. The molecule has 0 spiro atoms. The van der Waals surface area contributed by atoms with Crippen LogP contribution in [-0.2, 0) is 20.0 Å². The van der Waals surface area contributed by atoms with Crippen molar-refractivity contribution in [3.63, 3.8) is 0 Å². The zero-order chi connectivity index (χ0) is 30.2. The van der Waals surface area contributed by atoms with E-state index in [4.69, 9.17) is 4.74 Å². The molecule has 0 saturated carbocycles. The molecule has 1 atom stereocenters. The largest absolute Gasteiger partial charge is 0.494 e. The Kier molecular flexibility index (Phi) is 10.4. The highest BCUT2D eigenvalue weighted by Crippen LogP contribution is 2.32. The third-order valence-electron chi connectivity index (χ3n) is 6.28. The van der Waals surface area contributed by atoms with E-state index in [1.807, 2.05) is 31.2 Å². The molecule has 4 aromatic rings. The van der Waals surface area contributed by atoms with E-state index in [1.54, 1.807) is 36.4 Å². The molecule has 9 nitrogen and oxygen atoms in total. The van der Waals surface area contributed by atoms with E-state index in [9.17, 15) is 26.9 Å². The van der Waals surface area contributed by atoms with Crippen molar-refractivity contribution in [1.82, 2.24) is 3.71 Å². The molecule has 0 aliphatic rings. The molecular formula is C30H30N2O7S3. The number of sulfonamides is 2. The maximum atomic E-state index is 13.8. The number of aryl methyl sites for hydroxylation is 1. The zero-order valence-electron chi connectivity index (χ0n) is 22.8. The Morgan fingerprint density at radius 3 is 1.81 bits per heavy atom. The van der Waals surface area contributed by atoms with Crippen molar-refractivity contribution in [3.05, 3.63) is 125 Å². The monoisotopic (exact) mass is 626 g/mol. The minimum Gasteiger partial charge on any atom is -0.494 e. The van der Waals surface area contributed by atoms with Crippen molar-refractivity contribution < 1.29 is 26.5 Å². The molecule has 12 heteroatoms. The third-order valence-corrected chi connectivity index (χ3v) is 11.8. The van der Waals surface area contributed by atoms with E-state index in [-0.39, 0.29) is 28.6 Å². The lowest BCUT2D eigenvalue weighted by molar-refractivity contribution is -0.384. The molecule has 0 heterocycles. The lowest BCUT2D eigenvalue weighted by Gasteiger charge is -2.27. The van der Waals surface area contributed by atoms with Crippen molar-refractivity contribution in [2.24, 2.45) is 0 Å². The lowest BCUT2D eigenvalue weighted by atomic mass is 10.2. The van der Waals surface area contributed by atoms with Crippen molar-refractivity contribution in [2.45, 2.75) is 39.7 Å². The van der Waals surface area contributed by atoms with Gasteiger partial charge in [-0.25, -0.2) is 16.8 Å². The van der Waals surface area contributed by atoms with Gasteiger partial charge >= 0.3 is 0 Å². The van der Waals surface area contributed by atoms with E-state index in [1.165, 1.54) is 60.3 Å². The topological polar surface area (TPSA) is 124 Å².